The van der Waals surface area contributed by atoms with Crippen molar-refractivity contribution >= 4 is 32.8 Å². The molecule has 0 radical (unpaired) electrons. The summed E-state index contributed by atoms with van der Waals surface area (Å²) < 4.78 is 6.14. The van der Waals surface area contributed by atoms with Crippen LogP contribution in [0.25, 0.3) is 44.0 Å². The highest BCUT2D eigenvalue weighted by atomic mass is 16.3. The molecule has 0 N–H and O–H groups in total. The van der Waals surface area contributed by atoms with Gasteiger partial charge < -0.3 is 4.42 Å². The first-order valence-electron chi connectivity index (χ1n) is 9.72. The highest BCUT2D eigenvalue weighted by Gasteiger charge is 2.19. The lowest BCUT2D eigenvalue weighted by Crippen LogP contribution is -1.94. The van der Waals surface area contributed by atoms with E-state index in [0.717, 1.165) is 44.6 Å². The van der Waals surface area contributed by atoms with Gasteiger partial charge in [-0.2, -0.15) is 0 Å². The van der Waals surface area contributed by atoms with Gasteiger partial charge in [-0.25, -0.2) is 4.98 Å². The number of nitrogens with zero attached hydrogens (tertiary/aromatic N) is 2. The normalized spacial score (nSPS) is 11.9. The molecule has 0 fully saturated rings. The van der Waals surface area contributed by atoms with Gasteiger partial charge in [-0.1, -0.05) is 38.1 Å². The Kier molecular flexibility index (Phi) is 3.73. The molecule has 3 heteroatoms. The molecular weight excluding hydrogens is 344 g/mol. The van der Waals surface area contributed by atoms with E-state index in [-0.39, 0.29) is 0 Å². The van der Waals surface area contributed by atoms with Gasteiger partial charge in [0, 0.05) is 17.3 Å². The molecule has 0 saturated carbocycles. The second kappa shape index (κ2) is 6.16. The number of aromatic nitrogens is 2. The SMILES string of the molecule is Cc1oc2c(c(-c3cc(C(C)C)c4ccccc4c3)nc3cccnc32)c1C. The van der Waals surface area contributed by atoms with Crippen LogP contribution in [0, 0.1) is 13.8 Å². The molecule has 5 aromatic rings. The van der Waals surface area contributed by atoms with Crippen molar-refractivity contribution in [3.05, 3.63) is 71.6 Å². The van der Waals surface area contributed by atoms with E-state index in [1.54, 1.807) is 6.20 Å². The van der Waals surface area contributed by atoms with E-state index in [2.05, 4.69) is 62.2 Å². The van der Waals surface area contributed by atoms with Crippen molar-refractivity contribution in [3.8, 4) is 11.3 Å². The fourth-order valence-corrected chi connectivity index (χ4v) is 4.08. The summed E-state index contributed by atoms with van der Waals surface area (Å²) in [5, 5.41) is 3.61. The minimum Gasteiger partial charge on any atom is -0.459 e. The molecule has 0 saturated heterocycles. The number of fused-ring (bicyclic) bond motifs is 4. The molecular formula is C25H22N2O. The molecule has 0 aliphatic heterocycles. The first kappa shape index (κ1) is 16.9. The standard InChI is InChI=1S/C25H22N2O/c1-14(2)20-13-18(12-17-8-5-6-9-19(17)20)23-22-15(3)16(4)28-25(22)24-21(27-23)10-7-11-26-24/h5-14H,1-4H3. The molecule has 3 heterocycles. The second-order valence-corrected chi connectivity index (χ2v) is 7.76. The molecule has 0 atom stereocenters. The minimum absolute atomic E-state index is 0.426. The Labute approximate surface area is 164 Å². The van der Waals surface area contributed by atoms with Gasteiger partial charge in [0.15, 0.2) is 5.58 Å². The van der Waals surface area contributed by atoms with E-state index in [9.17, 15) is 0 Å². The number of pyridine rings is 2. The quantitative estimate of drug-likeness (QED) is 0.340. The van der Waals surface area contributed by atoms with Crippen LogP contribution in [0.3, 0.4) is 0 Å². The lowest BCUT2D eigenvalue weighted by atomic mass is 9.91. The smallest absolute Gasteiger partial charge is 0.164 e. The van der Waals surface area contributed by atoms with Crippen molar-refractivity contribution in [2.45, 2.75) is 33.6 Å². The number of hydrogen-bond acceptors (Lipinski definition) is 3. The third-order valence-corrected chi connectivity index (χ3v) is 5.65. The van der Waals surface area contributed by atoms with Gasteiger partial charge in [-0.05, 0) is 60.4 Å². The van der Waals surface area contributed by atoms with Crippen LogP contribution in [-0.4, -0.2) is 9.97 Å². The highest BCUT2D eigenvalue weighted by Crippen LogP contribution is 2.39. The van der Waals surface area contributed by atoms with Crippen LogP contribution < -0.4 is 0 Å². The molecule has 0 bridgehead atoms. The van der Waals surface area contributed by atoms with Gasteiger partial charge in [0.05, 0.1) is 16.6 Å². The molecule has 2 aromatic carbocycles. The Hall–Kier alpha value is -3.20. The first-order chi connectivity index (χ1) is 13.5. The Balaban J connectivity index is 1.93. The molecule has 0 aliphatic carbocycles. The summed E-state index contributed by atoms with van der Waals surface area (Å²) >= 11 is 0. The third-order valence-electron chi connectivity index (χ3n) is 5.65. The Morgan fingerprint density at radius 3 is 2.61 bits per heavy atom. The van der Waals surface area contributed by atoms with Crippen LogP contribution in [-0.2, 0) is 0 Å². The largest absolute Gasteiger partial charge is 0.459 e. The van der Waals surface area contributed by atoms with E-state index < -0.39 is 0 Å². The maximum absolute atomic E-state index is 6.14. The summed E-state index contributed by atoms with van der Waals surface area (Å²) in [7, 11) is 0. The lowest BCUT2D eigenvalue weighted by molar-refractivity contribution is 0.577. The predicted octanol–water partition coefficient (Wildman–Crippen LogP) is 6.94. The fraction of sp³-hybridized carbons (Fsp3) is 0.200. The zero-order valence-corrected chi connectivity index (χ0v) is 16.6. The number of hydrogen-bond donors (Lipinski definition) is 0. The predicted molar refractivity (Wildman–Crippen MR) is 116 cm³/mol. The van der Waals surface area contributed by atoms with Crippen molar-refractivity contribution < 1.29 is 4.42 Å². The average Bonchev–Trinajstić information content (AvgIpc) is 3.01. The van der Waals surface area contributed by atoms with E-state index >= 15 is 0 Å². The Bertz CT molecular complexity index is 1360. The van der Waals surface area contributed by atoms with Crippen molar-refractivity contribution in [3.63, 3.8) is 0 Å². The van der Waals surface area contributed by atoms with Gasteiger partial charge in [0.1, 0.15) is 11.3 Å². The van der Waals surface area contributed by atoms with Crippen LogP contribution in [0.1, 0.15) is 36.7 Å². The minimum atomic E-state index is 0.426. The summed E-state index contributed by atoms with van der Waals surface area (Å²) in [6, 6.07) is 17.0. The molecule has 3 aromatic heterocycles. The number of furan rings is 1. The van der Waals surface area contributed by atoms with Crippen molar-refractivity contribution in [2.24, 2.45) is 0 Å². The topological polar surface area (TPSA) is 38.9 Å². The number of benzene rings is 2. The van der Waals surface area contributed by atoms with Crippen molar-refractivity contribution in [2.75, 3.05) is 0 Å². The Morgan fingerprint density at radius 2 is 1.79 bits per heavy atom. The first-order valence-corrected chi connectivity index (χ1v) is 9.72. The van der Waals surface area contributed by atoms with E-state index in [1.165, 1.54) is 16.3 Å². The number of rotatable bonds is 2. The molecule has 0 unspecified atom stereocenters. The number of aryl methyl sites for hydroxylation is 2. The third kappa shape index (κ3) is 2.43. The summed E-state index contributed by atoms with van der Waals surface area (Å²) in [6.45, 7) is 8.59. The van der Waals surface area contributed by atoms with Crippen molar-refractivity contribution in [1.29, 1.82) is 0 Å². The van der Waals surface area contributed by atoms with Gasteiger partial charge in [-0.3, -0.25) is 4.98 Å². The van der Waals surface area contributed by atoms with Crippen LogP contribution in [0.5, 0.6) is 0 Å². The zero-order valence-electron chi connectivity index (χ0n) is 16.6. The van der Waals surface area contributed by atoms with Crippen LogP contribution in [0.2, 0.25) is 0 Å². The molecule has 138 valence electrons. The summed E-state index contributed by atoms with van der Waals surface area (Å²) in [4.78, 5) is 9.57. The molecule has 0 spiro atoms. The van der Waals surface area contributed by atoms with Gasteiger partial charge in [0.25, 0.3) is 0 Å². The van der Waals surface area contributed by atoms with Gasteiger partial charge >= 0.3 is 0 Å². The highest BCUT2D eigenvalue weighted by molar-refractivity contribution is 6.08. The molecule has 0 amide bonds. The Morgan fingerprint density at radius 1 is 0.964 bits per heavy atom. The molecule has 3 nitrogen and oxygen atoms in total. The second-order valence-electron chi connectivity index (χ2n) is 7.76. The summed E-state index contributed by atoms with van der Waals surface area (Å²) in [6.07, 6.45) is 1.79. The maximum Gasteiger partial charge on any atom is 0.164 e. The summed E-state index contributed by atoms with van der Waals surface area (Å²) in [5.74, 6) is 1.34. The van der Waals surface area contributed by atoms with Gasteiger partial charge in [-0.15, -0.1) is 0 Å². The van der Waals surface area contributed by atoms with Gasteiger partial charge in [0.2, 0.25) is 0 Å². The van der Waals surface area contributed by atoms with E-state index in [1.807, 2.05) is 19.1 Å². The van der Waals surface area contributed by atoms with Crippen LogP contribution in [0.4, 0.5) is 0 Å². The molecule has 28 heavy (non-hydrogen) atoms. The average molecular weight is 366 g/mol. The van der Waals surface area contributed by atoms with Crippen LogP contribution in [0.15, 0.2) is 59.1 Å². The maximum atomic E-state index is 6.14. The zero-order chi connectivity index (χ0) is 19.4. The lowest BCUT2D eigenvalue weighted by Gasteiger charge is -2.14. The molecule has 0 aliphatic rings. The summed E-state index contributed by atoms with van der Waals surface area (Å²) in [5.41, 5.74) is 7.08. The van der Waals surface area contributed by atoms with E-state index in [0.29, 0.717) is 5.92 Å². The monoisotopic (exact) mass is 366 g/mol. The molecule has 5 rings (SSSR count). The van der Waals surface area contributed by atoms with E-state index in [4.69, 9.17) is 9.40 Å². The van der Waals surface area contributed by atoms with Crippen LogP contribution >= 0.6 is 0 Å². The van der Waals surface area contributed by atoms with Crippen molar-refractivity contribution in [1.82, 2.24) is 9.97 Å². The fourth-order valence-electron chi connectivity index (χ4n) is 4.08.